The van der Waals surface area contributed by atoms with E-state index in [2.05, 4.69) is 15.5 Å². The molecule has 1 amide bonds. The van der Waals surface area contributed by atoms with Gasteiger partial charge in [-0.05, 0) is 30.7 Å². The van der Waals surface area contributed by atoms with Crippen LogP contribution in [-0.4, -0.2) is 16.0 Å². The van der Waals surface area contributed by atoms with E-state index in [1.54, 1.807) is 12.1 Å². The van der Waals surface area contributed by atoms with Crippen molar-refractivity contribution in [1.29, 1.82) is 0 Å². The van der Waals surface area contributed by atoms with E-state index in [0.29, 0.717) is 29.5 Å². The lowest BCUT2D eigenvalue weighted by molar-refractivity contribution is 0.100. The fourth-order valence-electron chi connectivity index (χ4n) is 2.30. The lowest BCUT2D eigenvalue weighted by Gasteiger charge is -2.11. The molecule has 1 aromatic heterocycles. The molecule has 3 rings (SSSR count). The van der Waals surface area contributed by atoms with Crippen molar-refractivity contribution >= 4 is 11.6 Å². The first-order chi connectivity index (χ1) is 11.1. The van der Waals surface area contributed by atoms with Crippen molar-refractivity contribution in [2.75, 3.05) is 5.32 Å². The second-order valence-corrected chi connectivity index (χ2v) is 5.10. The highest BCUT2D eigenvalue weighted by molar-refractivity contribution is 5.99. The fourth-order valence-corrected chi connectivity index (χ4v) is 2.30. The average Bonchev–Trinajstić information content (AvgIpc) is 3.03. The van der Waals surface area contributed by atoms with Gasteiger partial charge in [-0.3, -0.25) is 4.79 Å². The number of aromatic nitrogens is 2. The van der Waals surface area contributed by atoms with Gasteiger partial charge in [0.05, 0.1) is 17.8 Å². The molecule has 0 aliphatic heterocycles. The largest absolute Gasteiger partial charge is 0.377 e. The van der Waals surface area contributed by atoms with Crippen molar-refractivity contribution in [2.24, 2.45) is 5.73 Å². The quantitative estimate of drug-likeness (QED) is 0.756. The maximum atomic E-state index is 11.5. The van der Waals surface area contributed by atoms with Crippen LogP contribution >= 0.6 is 0 Å². The van der Waals surface area contributed by atoms with E-state index in [9.17, 15) is 4.79 Å². The molecule has 0 unspecified atom stereocenters. The number of nitrogens with one attached hydrogen (secondary N) is 1. The van der Waals surface area contributed by atoms with Crippen molar-refractivity contribution < 1.29 is 9.32 Å². The summed E-state index contributed by atoms with van der Waals surface area (Å²) in [5, 5.41) is 7.11. The molecule has 2 aromatic carbocycles. The molecule has 6 heteroatoms. The van der Waals surface area contributed by atoms with Gasteiger partial charge in [-0.25, -0.2) is 0 Å². The lowest BCUT2D eigenvalue weighted by Crippen LogP contribution is -2.15. The number of primary amides is 1. The number of hydrogen-bond acceptors (Lipinski definition) is 5. The minimum atomic E-state index is -0.478. The summed E-state index contributed by atoms with van der Waals surface area (Å²) < 4.78 is 5.25. The Morgan fingerprint density at radius 3 is 2.70 bits per heavy atom. The lowest BCUT2D eigenvalue weighted by atomic mass is 10.1. The number of carbonyl (C=O) groups is 1. The first-order valence-corrected chi connectivity index (χ1v) is 7.16. The van der Waals surface area contributed by atoms with Crippen LogP contribution in [0.3, 0.4) is 0 Å². The van der Waals surface area contributed by atoms with Gasteiger partial charge in [0.1, 0.15) is 0 Å². The summed E-state index contributed by atoms with van der Waals surface area (Å²) in [7, 11) is 0. The molecule has 0 aliphatic rings. The van der Waals surface area contributed by atoms with Crippen LogP contribution < -0.4 is 11.1 Å². The Labute approximate surface area is 133 Å². The van der Waals surface area contributed by atoms with Gasteiger partial charge >= 0.3 is 0 Å². The topological polar surface area (TPSA) is 94.0 Å². The fraction of sp³-hybridized carbons (Fsp3) is 0.118. The summed E-state index contributed by atoms with van der Waals surface area (Å²) in [5.74, 6) is 0.485. The molecule has 0 bridgehead atoms. The van der Waals surface area contributed by atoms with Crippen LogP contribution in [0.15, 0.2) is 53.1 Å². The zero-order valence-electron chi connectivity index (χ0n) is 12.6. The highest BCUT2D eigenvalue weighted by Crippen LogP contribution is 2.21. The van der Waals surface area contributed by atoms with Gasteiger partial charge in [-0.15, -0.1) is 0 Å². The molecule has 3 N–H and O–H groups in total. The van der Waals surface area contributed by atoms with Crippen molar-refractivity contribution in [2.45, 2.75) is 13.5 Å². The van der Waals surface area contributed by atoms with Crippen LogP contribution in [0.5, 0.6) is 0 Å². The van der Waals surface area contributed by atoms with E-state index in [4.69, 9.17) is 10.3 Å². The summed E-state index contributed by atoms with van der Waals surface area (Å²) in [6.45, 7) is 2.24. The minimum absolute atomic E-state index is 0.335. The number of nitrogens with zero attached hydrogens (tertiary/aromatic N) is 2. The summed E-state index contributed by atoms with van der Waals surface area (Å²) in [6, 6.07) is 14.9. The van der Waals surface area contributed by atoms with Crippen LogP contribution in [0, 0.1) is 6.92 Å². The first kappa shape index (κ1) is 14.8. The number of amides is 1. The third-order valence-corrected chi connectivity index (χ3v) is 3.45. The number of carbonyl (C=O) groups excluding carboxylic acids is 1. The normalized spacial score (nSPS) is 10.5. The Kier molecular flexibility index (Phi) is 4.05. The van der Waals surface area contributed by atoms with Crippen LogP contribution in [0.4, 0.5) is 5.69 Å². The third-order valence-electron chi connectivity index (χ3n) is 3.45. The van der Waals surface area contributed by atoms with Gasteiger partial charge in [-0.2, -0.15) is 4.98 Å². The first-order valence-electron chi connectivity index (χ1n) is 7.16. The molecular formula is C17H16N4O2. The Balaban J connectivity index is 1.78. The molecule has 0 radical (unpaired) electrons. The van der Waals surface area contributed by atoms with E-state index in [-0.39, 0.29) is 0 Å². The Morgan fingerprint density at radius 1 is 1.17 bits per heavy atom. The monoisotopic (exact) mass is 308 g/mol. The predicted molar refractivity (Wildman–Crippen MR) is 86.8 cm³/mol. The Bertz CT molecular complexity index is 828. The number of para-hydroxylation sites is 1. The maximum Gasteiger partial charge on any atom is 0.257 e. The van der Waals surface area contributed by atoms with Crippen molar-refractivity contribution in [1.82, 2.24) is 10.1 Å². The standard InChI is InChI=1S/C17H16N4O2/c1-11-6-5-9-13(16(18)22)15(11)19-10-14-20-17(23-21-14)12-7-3-2-4-8-12/h2-9,19H,10H2,1H3,(H2,18,22). The molecule has 0 aliphatic carbocycles. The molecule has 0 atom stereocenters. The molecule has 1 heterocycles. The summed E-state index contributed by atoms with van der Waals surface area (Å²) >= 11 is 0. The highest BCUT2D eigenvalue weighted by atomic mass is 16.5. The van der Waals surface area contributed by atoms with Crippen LogP contribution in [0.25, 0.3) is 11.5 Å². The van der Waals surface area contributed by atoms with Crippen molar-refractivity contribution in [3.05, 3.63) is 65.5 Å². The zero-order valence-corrected chi connectivity index (χ0v) is 12.6. The molecule has 0 saturated carbocycles. The van der Waals surface area contributed by atoms with Gasteiger partial charge in [0.25, 0.3) is 11.8 Å². The van der Waals surface area contributed by atoms with Gasteiger partial charge in [0.2, 0.25) is 0 Å². The molecule has 3 aromatic rings. The molecule has 0 saturated heterocycles. The van der Waals surface area contributed by atoms with Crippen LogP contribution in [-0.2, 0) is 6.54 Å². The SMILES string of the molecule is Cc1cccc(C(N)=O)c1NCc1noc(-c2ccccc2)n1. The van der Waals surface area contributed by atoms with Crippen LogP contribution in [0.1, 0.15) is 21.7 Å². The molecular weight excluding hydrogens is 292 g/mol. The third kappa shape index (κ3) is 3.21. The van der Waals surface area contributed by atoms with Gasteiger partial charge < -0.3 is 15.6 Å². The number of benzene rings is 2. The second-order valence-electron chi connectivity index (χ2n) is 5.10. The van der Waals surface area contributed by atoms with Gasteiger partial charge in [0.15, 0.2) is 5.82 Å². The zero-order chi connectivity index (χ0) is 16.2. The molecule has 0 fully saturated rings. The molecule has 0 spiro atoms. The number of anilines is 1. The number of aryl methyl sites for hydroxylation is 1. The maximum absolute atomic E-state index is 11.5. The average molecular weight is 308 g/mol. The van der Waals surface area contributed by atoms with Crippen molar-refractivity contribution in [3.63, 3.8) is 0 Å². The predicted octanol–water partition coefficient (Wildman–Crippen LogP) is 2.76. The van der Waals surface area contributed by atoms with E-state index in [1.807, 2.05) is 43.3 Å². The summed E-state index contributed by atoms with van der Waals surface area (Å²) in [5.41, 5.74) is 8.32. The Morgan fingerprint density at radius 2 is 1.96 bits per heavy atom. The second kappa shape index (κ2) is 6.31. The summed E-state index contributed by atoms with van der Waals surface area (Å²) in [6.07, 6.45) is 0. The number of rotatable bonds is 5. The van der Waals surface area contributed by atoms with E-state index < -0.39 is 5.91 Å². The van der Waals surface area contributed by atoms with E-state index in [1.165, 1.54) is 0 Å². The van der Waals surface area contributed by atoms with Crippen molar-refractivity contribution in [3.8, 4) is 11.5 Å². The smallest absolute Gasteiger partial charge is 0.257 e. The number of hydrogen-bond donors (Lipinski definition) is 2. The van der Waals surface area contributed by atoms with Gasteiger partial charge in [-0.1, -0.05) is 35.5 Å². The van der Waals surface area contributed by atoms with Gasteiger partial charge in [0, 0.05) is 5.56 Å². The summed E-state index contributed by atoms with van der Waals surface area (Å²) in [4.78, 5) is 15.9. The van der Waals surface area contributed by atoms with E-state index in [0.717, 1.165) is 11.1 Å². The number of nitrogens with two attached hydrogens (primary N) is 1. The Hall–Kier alpha value is -3.15. The molecule has 6 nitrogen and oxygen atoms in total. The molecule has 23 heavy (non-hydrogen) atoms. The minimum Gasteiger partial charge on any atom is -0.377 e. The van der Waals surface area contributed by atoms with Crippen LogP contribution in [0.2, 0.25) is 0 Å². The highest BCUT2D eigenvalue weighted by Gasteiger charge is 2.12. The molecule has 116 valence electrons. The van der Waals surface area contributed by atoms with E-state index >= 15 is 0 Å².